The predicted molar refractivity (Wildman–Crippen MR) is 248 cm³/mol. The van der Waals surface area contributed by atoms with E-state index in [-0.39, 0.29) is 63.6 Å². The molecule has 0 aromatic heterocycles. The second kappa shape index (κ2) is 24.4. The van der Waals surface area contributed by atoms with Crippen LogP contribution in [-0.2, 0) is 27.5 Å². The Kier molecular flexibility index (Phi) is 30.1. The Labute approximate surface area is 358 Å². The van der Waals surface area contributed by atoms with Crippen LogP contribution in [0.5, 0.6) is 0 Å². The van der Waals surface area contributed by atoms with Gasteiger partial charge in [0, 0.05) is 37.2 Å². The van der Waals surface area contributed by atoms with E-state index in [0.717, 1.165) is 0 Å². The van der Waals surface area contributed by atoms with E-state index in [1.807, 2.05) is 39.7 Å². The molecule has 6 nitrogen and oxygen atoms in total. The monoisotopic (exact) mass is 1360 g/mol. The van der Waals surface area contributed by atoms with Crippen molar-refractivity contribution in [2.45, 2.75) is 156 Å². The third-order valence-corrected chi connectivity index (χ3v) is 18.3. The molecule has 0 unspecified atom stereocenters. The molecule has 0 N–H and O–H groups in total. The quantitative estimate of drug-likeness (QED) is 0.151. The number of terminal acetylenes is 1. The van der Waals surface area contributed by atoms with E-state index in [9.17, 15) is 0 Å². The van der Waals surface area contributed by atoms with E-state index in [4.69, 9.17) is 33.9 Å². The van der Waals surface area contributed by atoms with Crippen molar-refractivity contribution in [2.75, 3.05) is 13.2 Å². The Morgan fingerprint density at radius 1 is 0.761 bits per heavy atom. The molecule has 2 saturated heterocycles. The van der Waals surface area contributed by atoms with Crippen LogP contribution in [0.2, 0.25) is 36.3 Å². The molecule has 0 spiro atoms. The number of hydrogen-bond donors (Lipinski definition) is 0. The van der Waals surface area contributed by atoms with Gasteiger partial charge in [-0.05, 0) is 91.7 Å². The fourth-order valence-corrected chi connectivity index (χ4v) is 4.42. The summed E-state index contributed by atoms with van der Waals surface area (Å²) in [6.45, 7) is 39.6. The first-order valence-electron chi connectivity index (χ1n) is 14.9. The van der Waals surface area contributed by atoms with Crippen LogP contribution in [0.15, 0.2) is 12.1 Å². The molecule has 1 radical (unpaired) electrons. The van der Waals surface area contributed by atoms with Crippen LogP contribution in [0.1, 0.15) is 96.9 Å². The average molecular weight is 1360 g/mol. The maximum absolute atomic E-state index is 6.10. The molecule has 16 heteroatoms. The zero-order valence-corrected chi connectivity index (χ0v) is 46.7. The molecule has 46 heavy (non-hydrogen) atoms. The van der Waals surface area contributed by atoms with Crippen LogP contribution in [0, 0.1) is 12.3 Å². The van der Waals surface area contributed by atoms with Crippen molar-refractivity contribution in [3.8, 4) is 12.3 Å². The Hall–Kier alpha value is 4.00. The van der Waals surface area contributed by atoms with Crippen molar-refractivity contribution in [1.29, 1.82) is 0 Å². The molecule has 2 rings (SSSR count). The molecule has 2 heterocycles. The van der Waals surface area contributed by atoms with Gasteiger partial charge in [0.1, 0.15) is 0 Å². The summed E-state index contributed by atoms with van der Waals surface area (Å²) < 4.78 is 34.0. The number of halogens is 6. The Bertz CT molecular complexity index is 874. The SMILES string of the molecule is C#CCO[Si](C)(C)C(C)(C)C.CC1(C)OB(/C=C/CO[Si](C)(C)C(C)(C)C)OC1(C)C.CC1(C)O[B]OC1(C)C.I.II.I[I-]I. The normalized spacial score (nSPS) is 19.4. The standard InChI is InChI=1S/C15H31BO3Si.C9H18OSi.C6H12BO2.I3.I2.HI/c1-13(2,3)20(8,9)17-12-10-11-16-18-14(4,5)15(6,7)19-16;1-7-8-10-11(5,6)9(2,3)4;1-5(2)6(3,4)9-7-8-5;1-3-2;1-2;/h10-11H,12H2,1-9H3;1H,8H2,2-6H3;1-4H3;;;1H/q;;;-1;;/b11-10+;;;;;. The maximum atomic E-state index is 6.10. The molecule has 0 amide bonds. The molecule has 0 bridgehead atoms. The van der Waals surface area contributed by atoms with E-state index < -0.39 is 16.6 Å². The fraction of sp³-hybridized carbons (Fsp3) is 0.867. The topological polar surface area (TPSA) is 55.4 Å². The van der Waals surface area contributed by atoms with Gasteiger partial charge in [-0.2, -0.15) is 0 Å². The molecule has 2 fully saturated rings. The second-order valence-corrected chi connectivity index (χ2v) is 41.6. The fourth-order valence-electron chi connectivity index (χ4n) is 2.59. The molecule has 0 aliphatic carbocycles. The second-order valence-electron chi connectivity index (χ2n) is 15.8. The summed E-state index contributed by atoms with van der Waals surface area (Å²) in [5, 5.41) is 0.509. The summed E-state index contributed by atoms with van der Waals surface area (Å²) in [4.78, 5) is 0. The Morgan fingerprint density at radius 3 is 1.35 bits per heavy atom. The van der Waals surface area contributed by atoms with Gasteiger partial charge in [0.15, 0.2) is 16.6 Å². The molecular formula is C30H62B2I6O6Si2-. The van der Waals surface area contributed by atoms with E-state index in [0.29, 0.717) is 26.5 Å². The van der Waals surface area contributed by atoms with Gasteiger partial charge in [-0.1, -0.05) is 59.5 Å². The number of hydrogen-bond acceptors (Lipinski definition) is 6. The van der Waals surface area contributed by atoms with Crippen molar-refractivity contribution >= 4 is 130 Å². The Morgan fingerprint density at radius 2 is 1.09 bits per heavy atom. The zero-order valence-electron chi connectivity index (χ0n) is 31.5. The van der Waals surface area contributed by atoms with Gasteiger partial charge >= 0.3 is 65.3 Å². The summed E-state index contributed by atoms with van der Waals surface area (Å²) in [6, 6.07) is 0. The summed E-state index contributed by atoms with van der Waals surface area (Å²) >= 11 is 9.54. The average Bonchev–Trinajstić information content (AvgIpc) is 3.23. The van der Waals surface area contributed by atoms with E-state index in [1.54, 1.807) is 0 Å². The molecule has 0 aromatic rings. The van der Waals surface area contributed by atoms with Crippen molar-refractivity contribution in [2.24, 2.45) is 0 Å². The first-order chi connectivity index (χ1) is 20.0. The molecule has 2 aliphatic heterocycles. The minimum atomic E-state index is -1.67. The number of rotatable bonds is 6. The minimum absolute atomic E-state index is 0. The molecule has 0 atom stereocenters. The molecule has 0 aromatic carbocycles. The predicted octanol–water partition coefficient (Wildman–Crippen LogP) is 9.13. The molecule has 0 saturated carbocycles. The molecule has 2 aliphatic rings. The van der Waals surface area contributed by atoms with Gasteiger partial charge in [-0.3, -0.25) is 0 Å². The van der Waals surface area contributed by atoms with Crippen LogP contribution in [0.25, 0.3) is 0 Å². The van der Waals surface area contributed by atoms with Crippen LogP contribution >= 0.6 is 98.4 Å². The van der Waals surface area contributed by atoms with Crippen LogP contribution < -0.4 is 13.3 Å². The van der Waals surface area contributed by atoms with Crippen molar-refractivity contribution in [3.63, 3.8) is 0 Å². The Balaban J connectivity index is -0.000000287. The van der Waals surface area contributed by atoms with E-state index in [2.05, 4.69) is 176 Å². The summed E-state index contributed by atoms with van der Waals surface area (Å²) in [5.74, 6) is 4.47. The first kappa shape index (κ1) is 56.7. The van der Waals surface area contributed by atoms with Gasteiger partial charge in [-0.15, -0.1) is 30.4 Å². The third kappa shape index (κ3) is 21.0. The van der Waals surface area contributed by atoms with Gasteiger partial charge in [0.05, 0.1) is 35.6 Å². The zero-order chi connectivity index (χ0) is 36.8. The van der Waals surface area contributed by atoms with Crippen molar-refractivity contribution in [3.05, 3.63) is 12.1 Å². The molecular weight excluding hydrogens is 1300 g/mol. The van der Waals surface area contributed by atoms with Crippen molar-refractivity contribution < 1.29 is 40.7 Å². The summed E-state index contributed by atoms with van der Waals surface area (Å²) in [6.07, 6.45) is 7.14. The first-order valence-corrected chi connectivity index (χ1v) is 39.6. The third-order valence-electron chi connectivity index (χ3n) is 9.37. The van der Waals surface area contributed by atoms with E-state index >= 15 is 0 Å². The van der Waals surface area contributed by atoms with Crippen LogP contribution in [0.3, 0.4) is 0 Å². The van der Waals surface area contributed by atoms with Crippen LogP contribution in [0.4, 0.5) is 0 Å². The molecule has 275 valence electrons. The summed E-state index contributed by atoms with van der Waals surface area (Å²) in [5.41, 5.74) is -0.926. The van der Waals surface area contributed by atoms with Gasteiger partial charge in [0.25, 0.3) is 0 Å². The van der Waals surface area contributed by atoms with Crippen LogP contribution in [-0.4, -0.2) is 67.1 Å². The van der Waals surface area contributed by atoms with Gasteiger partial charge < -0.3 is 27.5 Å². The van der Waals surface area contributed by atoms with E-state index in [1.165, 1.54) is 7.69 Å². The van der Waals surface area contributed by atoms with Crippen molar-refractivity contribution in [1.82, 2.24) is 0 Å². The summed E-state index contributed by atoms with van der Waals surface area (Å²) in [7, 11) is -2.10. The van der Waals surface area contributed by atoms with Gasteiger partial charge in [-0.25, -0.2) is 0 Å². The van der Waals surface area contributed by atoms with Gasteiger partial charge in [0.2, 0.25) is 0 Å².